The molecule has 0 fully saturated rings. The molecule has 4 atom stereocenters. The number of hydrogen-bond donors (Lipinski definition) is 6. The van der Waals surface area contributed by atoms with E-state index in [9.17, 15) is 45.0 Å². The number of methoxy groups -OCH3 is 1. The molecule has 0 saturated carbocycles. The number of rotatable bonds is 1. The predicted octanol–water partition coefficient (Wildman–Crippen LogP) is 0.737. The van der Waals surface area contributed by atoms with Crippen LogP contribution in [0.3, 0.4) is 0 Å². The summed E-state index contributed by atoms with van der Waals surface area (Å²) >= 11 is 0. The minimum Gasteiger partial charge on any atom is -0.507 e. The lowest BCUT2D eigenvalue weighted by Gasteiger charge is -2.42. The standard InChI is InChI=1S/C25H18O13/c1-6-3-7-4-8-15(27)23(33)25(37-20(8)18(30)11(7)24(34)36-6)22(32)14-17(29)12-9(26)5-10(35-2)16(28)13(12)19(31)21(14)38-25/h3-5,15,22-23,27,29-33H,1-2H3. The van der Waals surface area contributed by atoms with Crippen LogP contribution < -0.4 is 15.1 Å². The van der Waals surface area contributed by atoms with Gasteiger partial charge in [-0.15, -0.1) is 0 Å². The summed E-state index contributed by atoms with van der Waals surface area (Å²) in [5, 5.41) is 65.9. The topological polar surface area (TPSA) is 213 Å². The van der Waals surface area contributed by atoms with Gasteiger partial charge in [0.05, 0.1) is 23.8 Å². The Labute approximate surface area is 211 Å². The van der Waals surface area contributed by atoms with Crippen molar-refractivity contribution < 1.29 is 58.9 Å². The first-order chi connectivity index (χ1) is 17.9. The van der Waals surface area contributed by atoms with E-state index in [0.29, 0.717) is 0 Å². The molecule has 3 aliphatic rings. The Kier molecular flexibility index (Phi) is 4.68. The van der Waals surface area contributed by atoms with E-state index < -0.39 is 92.5 Å². The van der Waals surface area contributed by atoms with Crippen molar-refractivity contribution in [2.45, 2.75) is 31.0 Å². The van der Waals surface area contributed by atoms with Gasteiger partial charge in [0.1, 0.15) is 23.0 Å². The van der Waals surface area contributed by atoms with Crippen molar-refractivity contribution in [2.24, 2.45) is 0 Å². The lowest BCUT2D eigenvalue weighted by atomic mass is 9.85. The third-order valence-electron chi connectivity index (χ3n) is 6.96. The molecule has 4 unspecified atom stereocenters. The summed E-state index contributed by atoms with van der Waals surface area (Å²) < 4.78 is 21.2. The molecular weight excluding hydrogens is 508 g/mol. The van der Waals surface area contributed by atoms with Crippen LogP contribution in [0, 0.1) is 6.92 Å². The molecule has 1 aliphatic carbocycles. The van der Waals surface area contributed by atoms with E-state index in [1.54, 1.807) is 0 Å². The summed E-state index contributed by atoms with van der Waals surface area (Å²) in [5.41, 5.74) is -3.06. The van der Waals surface area contributed by atoms with Gasteiger partial charge in [-0.2, -0.15) is 0 Å². The average Bonchev–Trinajstić information content (AvgIpc) is 3.16. The molecule has 196 valence electrons. The predicted molar refractivity (Wildman–Crippen MR) is 122 cm³/mol. The van der Waals surface area contributed by atoms with Crippen LogP contribution in [-0.2, 0) is 4.74 Å². The molecule has 3 heterocycles. The van der Waals surface area contributed by atoms with Gasteiger partial charge >= 0.3 is 11.4 Å². The monoisotopic (exact) mass is 526 g/mol. The molecule has 1 spiro atoms. The largest absolute Gasteiger partial charge is 0.507 e. The van der Waals surface area contributed by atoms with Crippen LogP contribution in [0.25, 0.3) is 10.8 Å². The Morgan fingerprint density at radius 1 is 0.921 bits per heavy atom. The number of benzene rings is 2. The number of fused-ring (bicyclic) bond motifs is 4. The maximum Gasteiger partial charge on any atom is 0.347 e. The number of ether oxygens (including phenoxy) is 3. The fraction of sp³-hybridized carbons (Fsp3) is 0.240. The molecule has 0 bridgehead atoms. The number of aromatic hydroxyl groups is 3. The van der Waals surface area contributed by atoms with Crippen molar-refractivity contribution in [3.8, 4) is 28.7 Å². The number of phenolic OH excluding ortho intramolecular Hbond substituents is 3. The second-order valence-corrected chi connectivity index (χ2v) is 9.07. The molecule has 6 N–H and O–H groups in total. The molecule has 13 nitrogen and oxygen atoms in total. The molecule has 0 amide bonds. The van der Waals surface area contributed by atoms with E-state index in [-0.39, 0.29) is 22.1 Å². The van der Waals surface area contributed by atoms with Crippen molar-refractivity contribution in [1.82, 2.24) is 0 Å². The number of allylic oxidation sites excluding steroid dienone is 2. The molecule has 0 saturated heterocycles. The fourth-order valence-corrected chi connectivity index (χ4v) is 5.19. The molecule has 1 aromatic heterocycles. The second kappa shape index (κ2) is 7.47. The number of phenols is 3. The van der Waals surface area contributed by atoms with Gasteiger partial charge in [-0.25, -0.2) is 4.79 Å². The zero-order valence-electron chi connectivity index (χ0n) is 19.5. The Hall–Kier alpha value is -4.59. The van der Waals surface area contributed by atoms with Crippen molar-refractivity contribution >= 4 is 22.3 Å². The summed E-state index contributed by atoms with van der Waals surface area (Å²) in [6, 6.07) is 2.68. The average molecular weight is 526 g/mol. The zero-order chi connectivity index (χ0) is 27.4. The number of ketones is 2. The number of hydrogen-bond acceptors (Lipinski definition) is 13. The van der Waals surface area contributed by atoms with E-state index in [0.717, 1.165) is 13.2 Å². The van der Waals surface area contributed by atoms with Crippen molar-refractivity contribution in [1.29, 1.82) is 0 Å². The summed E-state index contributed by atoms with van der Waals surface area (Å²) in [7, 11) is 1.12. The molecule has 3 aromatic rings. The van der Waals surface area contributed by atoms with Gasteiger partial charge in [0.2, 0.25) is 5.78 Å². The molecule has 2 aliphatic heterocycles. The van der Waals surface area contributed by atoms with Gasteiger partial charge in [0.15, 0.2) is 46.7 Å². The number of carbonyl (C=O) groups excluding carboxylic acids is 2. The number of carbonyl (C=O) groups is 2. The highest BCUT2D eigenvalue weighted by Gasteiger charge is 2.64. The third-order valence-corrected chi connectivity index (χ3v) is 6.96. The third kappa shape index (κ3) is 2.72. The van der Waals surface area contributed by atoms with E-state index >= 15 is 0 Å². The van der Waals surface area contributed by atoms with Gasteiger partial charge in [-0.1, -0.05) is 0 Å². The quantitative estimate of drug-likeness (QED) is 0.242. The molecular formula is C25H18O13. The highest BCUT2D eigenvalue weighted by Crippen LogP contribution is 2.60. The number of aryl methyl sites for hydroxylation is 1. The van der Waals surface area contributed by atoms with Crippen LogP contribution in [0.5, 0.6) is 28.7 Å². The minimum absolute atomic E-state index is 0.165. The maximum absolute atomic E-state index is 12.8. The maximum atomic E-state index is 12.8. The Morgan fingerprint density at radius 3 is 2.29 bits per heavy atom. The normalized spacial score (nSPS) is 25.4. The fourth-order valence-electron chi connectivity index (χ4n) is 5.19. The van der Waals surface area contributed by atoms with Crippen molar-refractivity contribution in [3.05, 3.63) is 62.4 Å². The second-order valence-electron chi connectivity index (χ2n) is 9.07. The zero-order valence-corrected chi connectivity index (χ0v) is 19.5. The van der Waals surface area contributed by atoms with Gasteiger partial charge < -0.3 is 49.3 Å². The first-order valence-corrected chi connectivity index (χ1v) is 11.1. The van der Waals surface area contributed by atoms with Gasteiger partial charge in [0, 0.05) is 11.6 Å². The van der Waals surface area contributed by atoms with Crippen LogP contribution in [0.15, 0.2) is 33.2 Å². The molecule has 6 rings (SSSR count). The number of aliphatic hydroxyl groups excluding tert-OH is 3. The summed E-state index contributed by atoms with van der Waals surface area (Å²) in [4.78, 5) is 37.9. The molecule has 38 heavy (non-hydrogen) atoms. The Bertz CT molecular complexity index is 1720. The number of aliphatic hydroxyl groups is 3. The summed E-state index contributed by atoms with van der Waals surface area (Å²) in [6.07, 6.45) is -5.41. The van der Waals surface area contributed by atoms with E-state index in [1.807, 2.05) is 0 Å². The van der Waals surface area contributed by atoms with Crippen molar-refractivity contribution in [3.63, 3.8) is 0 Å². The smallest absolute Gasteiger partial charge is 0.347 e. The van der Waals surface area contributed by atoms with Crippen LogP contribution in [-0.4, -0.2) is 61.2 Å². The Balaban J connectivity index is 1.56. The van der Waals surface area contributed by atoms with Crippen molar-refractivity contribution in [2.75, 3.05) is 7.11 Å². The summed E-state index contributed by atoms with van der Waals surface area (Å²) in [5.74, 6) is -8.84. The first kappa shape index (κ1) is 23.8. The lowest BCUT2D eigenvalue weighted by Crippen LogP contribution is -2.58. The molecule has 0 radical (unpaired) electrons. The van der Waals surface area contributed by atoms with Gasteiger partial charge in [0.25, 0.3) is 0 Å². The van der Waals surface area contributed by atoms with Gasteiger partial charge in [-0.3, -0.25) is 9.59 Å². The SMILES string of the molecule is COC1=CC(=O)c2c(O)c3c(c(O)c2C1=O)OC1(Oc2c(cc4cc(C)oc(=O)c4c2O)C(O)C1O)C3O. The number of Topliss-reactive ketones (excluding diaryl/α,β-unsaturated/α-hetero) is 1. The Morgan fingerprint density at radius 2 is 1.61 bits per heavy atom. The molecule has 13 heteroatoms. The van der Waals surface area contributed by atoms with E-state index in [4.69, 9.17) is 18.6 Å². The van der Waals surface area contributed by atoms with E-state index in [2.05, 4.69) is 0 Å². The first-order valence-electron chi connectivity index (χ1n) is 11.1. The van der Waals surface area contributed by atoms with Crippen LogP contribution in [0.1, 0.15) is 49.8 Å². The van der Waals surface area contributed by atoms with Crippen LogP contribution >= 0.6 is 0 Å². The summed E-state index contributed by atoms with van der Waals surface area (Å²) in [6.45, 7) is 1.49. The van der Waals surface area contributed by atoms with Gasteiger partial charge in [-0.05, 0) is 24.4 Å². The highest BCUT2D eigenvalue weighted by atomic mass is 16.7. The van der Waals surface area contributed by atoms with Crippen LogP contribution in [0.4, 0.5) is 0 Å². The molecule has 2 aromatic carbocycles. The lowest BCUT2D eigenvalue weighted by molar-refractivity contribution is -0.260. The van der Waals surface area contributed by atoms with E-state index in [1.165, 1.54) is 19.1 Å². The van der Waals surface area contributed by atoms with Crippen LogP contribution in [0.2, 0.25) is 0 Å². The minimum atomic E-state index is -2.71. The highest BCUT2D eigenvalue weighted by molar-refractivity contribution is 6.26.